The zero-order valence-electron chi connectivity index (χ0n) is 12.6. The maximum absolute atomic E-state index is 9.68. The maximum atomic E-state index is 9.68. The van der Waals surface area contributed by atoms with E-state index in [1.807, 2.05) is 0 Å². The Hall–Kier alpha value is -0.590. The molecule has 1 N–H and O–H groups in total. The van der Waals surface area contributed by atoms with Gasteiger partial charge in [0.1, 0.15) is 5.54 Å². The zero-order valence-corrected chi connectivity index (χ0v) is 12.6. The summed E-state index contributed by atoms with van der Waals surface area (Å²) in [6, 6.07) is 2.62. The number of likely N-dealkylation sites (tertiary alicyclic amines) is 1. The summed E-state index contributed by atoms with van der Waals surface area (Å²) in [5.41, 5.74) is -0.277. The molecule has 1 saturated carbocycles. The van der Waals surface area contributed by atoms with Gasteiger partial charge < -0.3 is 4.90 Å². The van der Waals surface area contributed by atoms with Gasteiger partial charge in [-0.3, -0.25) is 5.32 Å². The molecule has 0 bridgehead atoms. The van der Waals surface area contributed by atoms with E-state index < -0.39 is 0 Å². The fraction of sp³-hybridized carbons (Fsp3) is 0.938. The highest BCUT2D eigenvalue weighted by atomic mass is 15.2. The lowest BCUT2D eigenvalue weighted by Gasteiger charge is -2.33. The molecule has 0 amide bonds. The predicted octanol–water partition coefficient (Wildman–Crippen LogP) is 2.78. The Morgan fingerprint density at radius 2 is 2.00 bits per heavy atom. The van der Waals surface area contributed by atoms with Gasteiger partial charge in [0.2, 0.25) is 0 Å². The number of hydrogen-bond donors (Lipinski definition) is 1. The summed E-state index contributed by atoms with van der Waals surface area (Å²) in [6.45, 7) is 8.61. The molecule has 2 atom stereocenters. The molecule has 0 aromatic rings. The number of nitrogens with one attached hydrogen (secondary N) is 1. The summed E-state index contributed by atoms with van der Waals surface area (Å²) in [7, 11) is 0. The van der Waals surface area contributed by atoms with Crippen LogP contribution in [0.2, 0.25) is 0 Å². The van der Waals surface area contributed by atoms with Gasteiger partial charge >= 0.3 is 0 Å². The normalized spacial score (nSPS) is 28.4. The van der Waals surface area contributed by atoms with Crippen molar-refractivity contribution in [2.45, 2.75) is 57.9 Å². The van der Waals surface area contributed by atoms with Gasteiger partial charge in [0.05, 0.1) is 6.07 Å². The first-order chi connectivity index (χ1) is 9.24. The molecular formula is C16H29N3. The topological polar surface area (TPSA) is 39.1 Å². The van der Waals surface area contributed by atoms with Crippen LogP contribution in [0.3, 0.4) is 0 Å². The van der Waals surface area contributed by atoms with Crippen LogP contribution in [-0.2, 0) is 0 Å². The Kier molecular flexibility index (Phi) is 5.24. The molecule has 0 radical (unpaired) electrons. The Labute approximate surface area is 118 Å². The van der Waals surface area contributed by atoms with Crippen LogP contribution in [0.15, 0.2) is 0 Å². The summed E-state index contributed by atoms with van der Waals surface area (Å²) >= 11 is 0. The predicted molar refractivity (Wildman–Crippen MR) is 78.8 cm³/mol. The van der Waals surface area contributed by atoms with Crippen LogP contribution in [-0.4, -0.2) is 36.6 Å². The molecule has 1 aliphatic heterocycles. The lowest BCUT2D eigenvalue weighted by atomic mass is 9.93. The molecule has 1 heterocycles. The molecule has 2 unspecified atom stereocenters. The number of rotatable bonds is 6. The van der Waals surface area contributed by atoms with E-state index in [2.05, 4.69) is 30.1 Å². The van der Waals surface area contributed by atoms with Gasteiger partial charge in [-0.05, 0) is 63.6 Å². The molecule has 2 aliphatic rings. The summed E-state index contributed by atoms with van der Waals surface area (Å²) in [6.07, 6.45) is 7.76. The third-order valence-corrected chi connectivity index (χ3v) is 4.96. The molecule has 2 fully saturated rings. The molecule has 0 aromatic heterocycles. The van der Waals surface area contributed by atoms with Crippen LogP contribution in [0, 0.1) is 23.2 Å². The number of nitrogens with zero attached hydrogens (tertiary/aromatic N) is 2. The van der Waals surface area contributed by atoms with E-state index >= 15 is 0 Å². The van der Waals surface area contributed by atoms with Gasteiger partial charge in [-0.15, -0.1) is 0 Å². The second kappa shape index (κ2) is 6.72. The van der Waals surface area contributed by atoms with Crippen LogP contribution in [0.25, 0.3) is 0 Å². The second-order valence-electron chi connectivity index (χ2n) is 6.37. The monoisotopic (exact) mass is 263 g/mol. The average Bonchev–Trinajstić information content (AvgIpc) is 3.25. The van der Waals surface area contributed by atoms with E-state index in [9.17, 15) is 5.26 Å². The first kappa shape index (κ1) is 14.8. The van der Waals surface area contributed by atoms with Crippen molar-refractivity contribution >= 4 is 0 Å². The Morgan fingerprint density at radius 1 is 1.21 bits per heavy atom. The summed E-state index contributed by atoms with van der Waals surface area (Å²) < 4.78 is 0. The summed E-state index contributed by atoms with van der Waals surface area (Å²) in [4.78, 5) is 2.54. The smallest absolute Gasteiger partial charge is 0.122 e. The van der Waals surface area contributed by atoms with Gasteiger partial charge in [-0.2, -0.15) is 5.26 Å². The first-order valence-corrected chi connectivity index (χ1v) is 8.12. The van der Waals surface area contributed by atoms with Gasteiger partial charge in [0, 0.05) is 6.54 Å². The molecule has 19 heavy (non-hydrogen) atoms. The lowest BCUT2D eigenvalue weighted by molar-refractivity contribution is 0.200. The van der Waals surface area contributed by atoms with Crippen molar-refractivity contribution < 1.29 is 0 Å². The van der Waals surface area contributed by atoms with E-state index in [0.717, 1.165) is 19.0 Å². The van der Waals surface area contributed by atoms with Gasteiger partial charge in [-0.25, -0.2) is 0 Å². The van der Waals surface area contributed by atoms with Crippen molar-refractivity contribution in [2.75, 3.05) is 26.2 Å². The Balaban J connectivity index is 1.95. The fourth-order valence-electron chi connectivity index (χ4n) is 3.53. The van der Waals surface area contributed by atoms with Crippen molar-refractivity contribution in [1.82, 2.24) is 10.2 Å². The van der Waals surface area contributed by atoms with Crippen LogP contribution in [0.1, 0.15) is 52.4 Å². The van der Waals surface area contributed by atoms with Crippen molar-refractivity contribution in [3.05, 3.63) is 0 Å². The SMILES string of the molecule is CCNC(C#N)(CN1CCCC(CC)CC1)C1CC1. The minimum Gasteiger partial charge on any atom is -0.300 e. The first-order valence-electron chi connectivity index (χ1n) is 8.12. The van der Waals surface area contributed by atoms with Crippen molar-refractivity contribution in [2.24, 2.45) is 11.8 Å². The second-order valence-corrected chi connectivity index (χ2v) is 6.37. The quantitative estimate of drug-likeness (QED) is 0.801. The fourth-order valence-corrected chi connectivity index (χ4v) is 3.53. The molecule has 108 valence electrons. The van der Waals surface area contributed by atoms with Gasteiger partial charge in [-0.1, -0.05) is 20.3 Å². The molecule has 3 heteroatoms. The van der Waals surface area contributed by atoms with Gasteiger partial charge in [0.25, 0.3) is 0 Å². The summed E-state index contributed by atoms with van der Waals surface area (Å²) in [5.74, 6) is 1.49. The van der Waals surface area contributed by atoms with E-state index in [-0.39, 0.29) is 5.54 Å². The minimum absolute atomic E-state index is 0.277. The molecular weight excluding hydrogens is 234 g/mol. The van der Waals surface area contributed by atoms with Crippen LogP contribution in [0.5, 0.6) is 0 Å². The highest BCUT2D eigenvalue weighted by Crippen LogP contribution is 2.40. The lowest BCUT2D eigenvalue weighted by Crippen LogP contribution is -2.54. The van der Waals surface area contributed by atoms with Crippen LogP contribution in [0.4, 0.5) is 0 Å². The third kappa shape index (κ3) is 3.70. The maximum Gasteiger partial charge on any atom is 0.122 e. The van der Waals surface area contributed by atoms with Crippen LogP contribution < -0.4 is 5.32 Å². The largest absolute Gasteiger partial charge is 0.300 e. The number of hydrogen-bond acceptors (Lipinski definition) is 3. The Bertz CT molecular complexity index is 318. The minimum atomic E-state index is -0.277. The molecule has 0 aromatic carbocycles. The molecule has 3 nitrogen and oxygen atoms in total. The molecule has 2 rings (SSSR count). The molecule has 1 aliphatic carbocycles. The van der Waals surface area contributed by atoms with Crippen molar-refractivity contribution in [3.63, 3.8) is 0 Å². The van der Waals surface area contributed by atoms with E-state index in [4.69, 9.17) is 0 Å². The molecule has 1 saturated heterocycles. The average molecular weight is 263 g/mol. The highest BCUT2D eigenvalue weighted by Gasteiger charge is 2.46. The van der Waals surface area contributed by atoms with E-state index in [0.29, 0.717) is 5.92 Å². The highest BCUT2D eigenvalue weighted by molar-refractivity contribution is 5.16. The third-order valence-electron chi connectivity index (χ3n) is 4.96. The number of likely N-dealkylation sites (N-methyl/N-ethyl adjacent to an activating group) is 1. The number of nitriles is 1. The standard InChI is InChI=1S/C16H29N3/c1-3-14-6-5-10-19(11-9-14)13-16(12-17,18-4-2)15-7-8-15/h14-15,18H,3-11,13H2,1-2H3. The Morgan fingerprint density at radius 3 is 2.58 bits per heavy atom. The zero-order chi connectivity index (χ0) is 13.7. The van der Waals surface area contributed by atoms with E-state index in [1.54, 1.807) is 0 Å². The molecule has 0 spiro atoms. The van der Waals surface area contributed by atoms with Gasteiger partial charge in [0.15, 0.2) is 0 Å². The van der Waals surface area contributed by atoms with Crippen LogP contribution >= 0.6 is 0 Å². The van der Waals surface area contributed by atoms with Crippen molar-refractivity contribution in [3.8, 4) is 6.07 Å². The summed E-state index contributed by atoms with van der Waals surface area (Å²) in [5, 5.41) is 13.2. The van der Waals surface area contributed by atoms with E-state index in [1.165, 1.54) is 51.6 Å². The van der Waals surface area contributed by atoms with Crippen molar-refractivity contribution in [1.29, 1.82) is 5.26 Å².